The molecule has 9 nitrogen and oxygen atoms in total. The van der Waals surface area contributed by atoms with Crippen molar-refractivity contribution in [2.24, 2.45) is 0 Å². The first kappa shape index (κ1) is 20.8. The van der Waals surface area contributed by atoms with E-state index in [1.54, 1.807) is 39.7 Å². The van der Waals surface area contributed by atoms with Gasteiger partial charge >= 0.3 is 0 Å². The molecule has 3 aromatic rings. The molecule has 1 aliphatic heterocycles. The van der Waals surface area contributed by atoms with Crippen LogP contribution in [0.4, 0.5) is 0 Å². The fraction of sp³-hybridized carbons (Fsp3) is 0.364. The van der Waals surface area contributed by atoms with Crippen LogP contribution in [-0.4, -0.2) is 73.4 Å². The van der Waals surface area contributed by atoms with Crippen LogP contribution in [0.25, 0.3) is 11.5 Å². The monoisotopic (exact) mass is 426 g/mol. The number of aromatic amines is 1. The Hall–Kier alpha value is -3.46. The molecule has 0 saturated carbocycles. The molecule has 164 valence electrons. The SMILES string of the molecule is COc1ccc(CN2CCN(C(=O)c3cc(-c4ccco4)[nH]n3)CC2)c(OC)c1OC. The van der Waals surface area contributed by atoms with E-state index < -0.39 is 0 Å². The van der Waals surface area contributed by atoms with E-state index in [0.29, 0.717) is 54.0 Å². The van der Waals surface area contributed by atoms with Crippen LogP contribution >= 0.6 is 0 Å². The van der Waals surface area contributed by atoms with Crippen LogP contribution in [-0.2, 0) is 6.54 Å². The summed E-state index contributed by atoms with van der Waals surface area (Å²) in [6.07, 6.45) is 1.59. The summed E-state index contributed by atoms with van der Waals surface area (Å²) in [5, 5.41) is 7.02. The maximum Gasteiger partial charge on any atom is 0.274 e. The molecule has 2 aromatic heterocycles. The molecule has 1 N–H and O–H groups in total. The minimum absolute atomic E-state index is 0.0857. The standard InChI is InChI=1S/C22H26N4O5/c1-28-19-7-6-15(20(29-2)21(19)30-3)14-25-8-10-26(11-9-25)22(27)17-13-16(23-24-17)18-5-4-12-31-18/h4-7,12-13H,8-11,14H2,1-3H3,(H,23,24). The van der Waals surface area contributed by atoms with Crippen LogP contribution in [0.15, 0.2) is 41.0 Å². The molecule has 0 unspecified atom stereocenters. The van der Waals surface area contributed by atoms with Gasteiger partial charge in [-0.1, -0.05) is 6.07 Å². The highest BCUT2D eigenvalue weighted by atomic mass is 16.5. The smallest absolute Gasteiger partial charge is 0.274 e. The number of methoxy groups -OCH3 is 3. The third-order valence-corrected chi connectivity index (χ3v) is 5.42. The third kappa shape index (κ3) is 4.22. The molecule has 0 atom stereocenters. The number of piperazine rings is 1. The number of amides is 1. The second kappa shape index (κ2) is 9.13. The van der Waals surface area contributed by atoms with E-state index in [1.165, 1.54) is 0 Å². The Morgan fingerprint density at radius 3 is 2.48 bits per heavy atom. The van der Waals surface area contributed by atoms with Gasteiger partial charge in [0.25, 0.3) is 5.91 Å². The van der Waals surface area contributed by atoms with Crippen molar-refractivity contribution < 1.29 is 23.4 Å². The Kier molecular flexibility index (Phi) is 6.13. The molecule has 1 aliphatic rings. The molecule has 1 amide bonds. The van der Waals surface area contributed by atoms with E-state index in [4.69, 9.17) is 18.6 Å². The van der Waals surface area contributed by atoms with Crippen molar-refractivity contribution in [2.45, 2.75) is 6.54 Å². The van der Waals surface area contributed by atoms with Crippen molar-refractivity contribution >= 4 is 5.91 Å². The molecular formula is C22H26N4O5. The molecule has 0 bridgehead atoms. The summed E-state index contributed by atoms with van der Waals surface area (Å²) in [5.41, 5.74) is 2.09. The molecule has 0 radical (unpaired) electrons. The predicted molar refractivity (Wildman–Crippen MR) is 114 cm³/mol. The first-order chi connectivity index (χ1) is 15.1. The largest absolute Gasteiger partial charge is 0.493 e. The van der Waals surface area contributed by atoms with E-state index in [0.717, 1.165) is 18.7 Å². The number of aromatic nitrogens is 2. The fourth-order valence-electron chi connectivity index (χ4n) is 3.79. The minimum Gasteiger partial charge on any atom is -0.493 e. The summed E-state index contributed by atoms with van der Waals surface area (Å²) in [4.78, 5) is 17.0. The number of carbonyl (C=O) groups excluding carboxylic acids is 1. The van der Waals surface area contributed by atoms with Gasteiger partial charge < -0.3 is 23.5 Å². The Bertz CT molecular complexity index is 1020. The summed E-state index contributed by atoms with van der Waals surface area (Å²) >= 11 is 0. The normalized spacial score (nSPS) is 14.5. The maximum atomic E-state index is 12.8. The van der Waals surface area contributed by atoms with Crippen LogP contribution < -0.4 is 14.2 Å². The van der Waals surface area contributed by atoms with Gasteiger partial charge in [-0.3, -0.25) is 14.8 Å². The van der Waals surface area contributed by atoms with Crippen molar-refractivity contribution in [3.8, 4) is 28.7 Å². The Morgan fingerprint density at radius 2 is 1.84 bits per heavy atom. The van der Waals surface area contributed by atoms with Crippen LogP contribution in [0.1, 0.15) is 16.1 Å². The molecule has 1 saturated heterocycles. The summed E-state index contributed by atoms with van der Waals surface area (Å²) in [5.74, 6) is 2.45. The van der Waals surface area contributed by atoms with Crippen molar-refractivity contribution in [1.82, 2.24) is 20.0 Å². The Balaban J connectivity index is 1.39. The van der Waals surface area contributed by atoms with E-state index in [2.05, 4.69) is 15.1 Å². The van der Waals surface area contributed by atoms with Crippen molar-refractivity contribution in [3.05, 3.63) is 47.9 Å². The lowest BCUT2D eigenvalue weighted by Crippen LogP contribution is -2.48. The zero-order valence-electron chi connectivity index (χ0n) is 17.9. The first-order valence-corrected chi connectivity index (χ1v) is 10.0. The first-order valence-electron chi connectivity index (χ1n) is 10.0. The van der Waals surface area contributed by atoms with Crippen molar-refractivity contribution in [1.29, 1.82) is 0 Å². The molecule has 31 heavy (non-hydrogen) atoms. The number of ether oxygens (including phenoxy) is 3. The zero-order chi connectivity index (χ0) is 21.8. The fourth-order valence-corrected chi connectivity index (χ4v) is 3.79. The quantitative estimate of drug-likeness (QED) is 0.621. The zero-order valence-corrected chi connectivity index (χ0v) is 17.9. The number of H-pyrrole nitrogens is 1. The van der Waals surface area contributed by atoms with E-state index in [-0.39, 0.29) is 5.91 Å². The van der Waals surface area contributed by atoms with Crippen LogP contribution in [0.2, 0.25) is 0 Å². The number of hydrogen-bond donors (Lipinski definition) is 1. The van der Waals surface area contributed by atoms with Crippen molar-refractivity contribution in [3.63, 3.8) is 0 Å². The Morgan fingerprint density at radius 1 is 1.06 bits per heavy atom. The summed E-state index contributed by atoms with van der Waals surface area (Å²) in [7, 11) is 4.82. The summed E-state index contributed by atoms with van der Waals surface area (Å²) in [6, 6.07) is 9.21. The van der Waals surface area contributed by atoms with Gasteiger partial charge in [-0.05, 0) is 18.2 Å². The number of nitrogens with one attached hydrogen (secondary N) is 1. The topological polar surface area (TPSA) is 93.1 Å². The van der Waals surface area contributed by atoms with E-state index in [1.807, 2.05) is 23.1 Å². The van der Waals surface area contributed by atoms with Gasteiger partial charge in [-0.15, -0.1) is 0 Å². The summed E-state index contributed by atoms with van der Waals surface area (Å²) < 4.78 is 21.8. The highest BCUT2D eigenvalue weighted by Gasteiger charge is 2.25. The molecule has 4 rings (SSSR count). The van der Waals surface area contributed by atoms with Crippen molar-refractivity contribution in [2.75, 3.05) is 47.5 Å². The molecule has 1 fully saturated rings. The molecule has 0 aliphatic carbocycles. The Labute approximate surface area is 180 Å². The van der Waals surface area contributed by atoms with Gasteiger partial charge in [0.05, 0.1) is 27.6 Å². The van der Waals surface area contributed by atoms with E-state index in [9.17, 15) is 4.79 Å². The minimum atomic E-state index is -0.0857. The second-order valence-corrected chi connectivity index (χ2v) is 7.21. The number of benzene rings is 1. The molecule has 1 aromatic carbocycles. The number of nitrogens with zero attached hydrogens (tertiary/aromatic N) is 3. The van der Waals surface area contributed by atoms with Gasteiger partial charge in [0.15, 0.2) is 23.0 Å². The predicted octanol–water partition coefficient (Wildman–Crippen LogP) is 2.65. The number of hydrogen-bond acceptors (Lipinski definition) is 7. The summed E-state index contributed by atoms with van der Waals surface area (Å²) in [6.45, 7) is 3.43. The van der Waals surface area contributed by atoms with Gasteiger partial charge in [0.2, 0.25) is 5.75 Å². The van der Waals surface area contributed by atoms with Crippen LogP contribution in [0, 0.1) is 0 Å². The van der Waals surface area contributed by atoms with Gasteiger partial charge in [-0.2, -0.15) is 5.10 Å². The van der Waals surface area contributed by atoms with Crippen LogP contribution in [0.3, 0.4) is 0 Å². The second-order valence-electron chi connectivity index (χ2n) is 7.21. The highest BCUT2D eigenvalue weighted by Crippen LogP contribution is 2.40. The number of rotatable bonds is 7. The van der Waals surface area contributed by atoms with E-state index >= 15 is 0 Å². The average molecular weight is 426 g/mol. The number of carbonyl (C=O) groups is 1. The molecule has 9 heteroatoms. The van der Waals surface area contributed by atoms with Gasteiger partial charge in [0, 0.05) is 44.4 Å². The van der Waals surface area contributed by atoms with Gasteiger partial charge in [-0.25, -0.2) is 0 Å². The van der Waals surface area contributed by atoms with Crippen LogP contribution in [0.5, 0.6) is 17.2 Å². The number of furan rings is 1. The van der Waals surface area contributed by atoms with Gasteiger partial charge in [0.1, 0.15) is 5.69 Å². The maximum absolute atomic E-state index is 12.8. The molecule has 3 heterocycles. The third-order valence-electron chi connectivity index (χ3n) is 5.42. The lowest BCUT2D eigenvalue weighted by molar-refractivity contribution is 0.0621. The lowest BCUT2D eigenvalue weighted by Gasteiger charge is -2.34. The lowest BCUT2D eigenvalue weighted by atomic mass is 10.1. The average Bonchev–Trinajstić information content (AvgIpc) is 3.50. The highest BCUT2D eigenvalue weighted by molar-refractivity contribution is 5.93. The molecule has 0 spiro atoms. The molecular weight excluding hydrogens is 400 g/mol.